The molecule has 0 spiro atoms. The maximum atomic E-state index is 12.5. The third-order valence-electron chi connectivity index (χ3n) is 3.29. The Kier molecular flexibility index (Phi) is 3.28. The van der Waals surface area contributed by atoms with Gasteiger partial charge in [0.15, 0.2) is 5.16 Å². The number of hydrogen-bond donors (Lipinski definition) is 1. The molecule has 1 atom stereocenters. The number of fused-ring (bicyclic) bond motifs is 1. The Morgan fingerprint density at radius 1 is 1.15 bits per heavy atom. The second-order valence-electron chi connectivity index (χ2n) is 4.63. The minimum absolute atomic E-state index is 0.379. The maximum Gasteiger partial charge on any atom is 0.200 e. The van der Waals surface area contributed by atoms with Crippen molar-refractivity contribution in [3.8, 4) is 0 Å². The van der Waals surface area contributed by atoms with E-state index in [9.17, 15) is 4.21 Å². The Morgan fingerprint density at radius 3 is 2.60 bits per heavy atom. The molecule has 0 saturated carbocycles. The number of nitrogens with zero attached hydrogens (tertiary/aromatic N) is 2. The molecule has 1 unspecified atom stereocenters. The number of aromatic nitrogens is 2. The lowest BCUT2D eigenvalue weighted by Crippen LogP contribution is -2.05. The lowest BCUT2D eigenvalue weighted by atomic mass is 10.2. The number of aryl methyl sites for hydroxylation is 1. The van der Waals surface area contributed by atoms with Crippen LogP contribution < -0.4 is 5.73 Å². The van der Waals surface area contributed by atoms with Gasteiger partial charge in [-0.2, -0.15) is 0 Å². The zero-order chi connectivity index (χ0) is 14.1. The van der Waals surface area contributed by atoms with Gasteiger partial charge in [-0.1, -0.05) is 30.3 Å². The predicted octanol–water partition coefficient (Wildman–Crippen LogP) is 2.46. The summed E-state index contributed by atoms with van der Waals surface area (Å²) in [5, 5.41) is 0.578. The van der Waals surface area contributed by atoms with Crippen LogP contribution >= 0.6 is 0 Å². The lowest BCUT2D eigenvalue weighted by Gasteiger charge is -2.05. The summed E-state index contributed by atoms with van der Waals surface area (Å²) in [4.78, 5) is 4.46. The Balaban J connectivity index is 1.97. The van der Waals surface area contributed by atoms with Crippen LogP contribution in [0.15, 0.2) is 53.7 Å². The van der Waals surface area contributed by atoms with Crippen molar-refractivity contribution in [1.82, 2.24) is 9.55 Å². The number of imidazole rings is 1. The number of nitrogen functional groups attached to an aromatic ring is 1. The summed E-state index contributed by atoms with van der Waals surface area (Å²) in [7, 11) is 0.669. The Morgan fingerprint density at radius 2 is 1.85 bits per heavy atom. The van der Waals surface area contributed by atoms with Gasteiger partial charge in [0.2, 0.25) is 0 Å². The highest BCUT2D eigenvalue weighted by molar-refractivity contribution is 7.84. The summed E-state index contributed by atoms with van der Waals surface area (Å²) < 4.78 is 14.4. The van der Waals surface area contributed by atoms with E-state index < -0.39 is 10.8 Å². The molecular formula is C15H15N3OS. The van der Waals surface area contributed by atoms with Crippen molar-refractivity contribution in [2.24, 2.45) is 7.05 Å². The molecule has 2 aromatic carbocycles. The highest BCUT2D eigenvalue weighted by atomic mass is 32.2. The van der Waals surface area contributed by atoms with Crippen LogP contribution in [0.3, 0.4) is 0 Å². The normalized spacial score (nSPS) is 12.7. The average molecular weight is 285 g/mol. The van der Waals surface area contributed by atoms with Crippen molar-refractivity contribution in [2.45, 2.75) is 10.9 Å². The van der Waals surface area contributed by atoms with E-state index in [0.717, 1.165) is 16.6 Å². The number of benzene rings is 2. The summed E-state index contributed by atoms with van der Waals surface area (Å²) in [5.74, 6) is 0.379. The molecule has 20 heavy (non-hydrogen) atoms. The van der Waals surface area contributed by atoms with Crippen molar-refractivity contribution < 1.29 is 4.21 Å². The van der Waals surface area contributed by atoms with Gasteiger partial charge < -0.3 is 10.3 Å². The van der Waals surface area contributed by atoms with Crippen LogP contribution in [0.4, 0.5) is 5.69 Å². The van der Waals surface area contributed by atoms with Crippen molar-refractivity contribution in [3.63, 3.8) is 0 Å². The quantitative estimate of drug-likeness (QED) is 0.752. The fourth-order valence-electron chi connectivity index (χ4n) is 2.20. The first-order valence-corrected chi connectivity index (χ1v) is 7.62. The Labute approximate surface area is 119 Å². The van der Waals surface area contributed by atoms with Crippen LogP contribution in [0, 0.1) is 0 Å². The van der Waals surface area contributed by atoms with E-state index in [0.29, 0.717) is 16.6 Å². The molecule has 0 bridgehead atoms. The number of nitrogens with two attached hydrogens (primary N) is 1. The van der Waals surface area contributed by atoms with E-state index in [1.807, 2.05) is 60.1 Å². The molecule has 2 N–H and O–H groups in total. The summed E-state index contributed by atoms with van der Waals surface area (Å²) >= 11 is 0. The smallest absolute Gasteiger partial charge is 0.200 e. The maximum absolute atomic E-state index is 12.5. The molecule has 1 aromatic heterocycles. The molecule has 5 heteroatoms. The predicted molar refractivity (Wildman–Crippen MR) is 81.7 cm³/mol. The number of hydrogen-bond acceptors (Lipinski definition) is 3. The largest absolute Gasteiger partial charge is 0.398 e. The summed E-state index contributed by atoms with van der Waals surface area (Å²) in [6.45, 7) is 0. The molecule has 1 heterocycles. The minimum atomic E-state index is -1.22. The molecule has 3 aromatic rings. The van der Waals surface area contributed by atoms with Gasteiger partial charge in [0.05, 0.1) is 27.6 Å². The molecule has 0 aliphatic heterocycles. The first kappa shape index (κ1) is 12.9. The van der Waals surface area contributed by atoms with Gasteiger partial charge in [0.25, 0.3) is 0 Å². The zero-order valence-electron chi connectivity index (χ0n) is 11.1. The van der Waals surface area contributed by atoms with E-state index in [4.69, 9.17) is 5.73 Å². The molecule has 0 radical (unpaired) electrons. The van der Waals surface area contributed by atoms with E-state index in [2.05, 4.69) is 4.98 Å². The monoisotopic (exact) mass is 285 g/mol. The van der Waals surface area contributed by atoms with Crippen LogP contribution in [-0.2, 0) is 23.6 Å². The van der Waals surface area contributed by atoms with E-state index in [-0.39, 0.29) is 0 Å². The van der Waals surface area contributed by atoms with Crippen molar-refractivity contribution >= 4 is 27.5 Å². The van der Waals surface area contributed by atoms with Crippen molar-refractivity contribution in [3.05, 3.63) is 54.1 Å². The van der Waals surface area contributed by atoms with Crippen LogP contribution in [0.1, 0.15) is 5.56 Å². The minimum Gasteiger partial charge on any atom is -0.398 e. The summed E-state index contributed by atoms with van der Waals surface area (Å²) in [6, 6.07) is 15.3. The molecule has 0 amide bonds. The van der Waals surface area contributed by atoms with Gasteiger partial charge in [0, 0.05) is 12.7 Å². The van der Waals surface area contributed by atoms with Gasteiger partial charge in [-0.15, -0.1) is 0 Å². The van der Waals surface area contributed by atoms with Crippen LogP contribution in [0.2, 0.25) is 0 Å². The van der Waals surface area contributed by atoms with E-state index in [1.165, 1.54) is 0 Å². The molecule has 0 aliphatic rings. The number of rotatable bonds is 3. The fraction of sp³-hybridized carbons (Fsp3) is 0.133. The third-order valence-corrected chi connectivity index (χ3v) is 4.64. The fourth-order valence-corrected chi connectivity index (χ4v) is 3.48. The SMILES string of the molecule is Cn1c(S(=O)Cc2ccccc2N)nc2ccccc21. The van der Waals surface area contributed by atoms with Crippen molar-refractivity contribution in [1.29, 1.82) is 0 Å². The summed E-state index contributed by atoms with van der Waals surface area (Å²) in [6.07, 6.45) is 0. The Bertz CT molecular complexity index is 795. The zero-order valence-corrected chi connectivity index (χ0v) is 11.9. The highest BCUT2D eigenvalue weighted by Gasteiger charge is 2.15. The van der Waals surface area contributed by atoms with Gasteiger partial charge in [-0.05, 0) is 23.8 Å². The van der Waals surface area contributed by atoms with Gasteiger partial charge in [-0.3, -0.25) is 4.21 Å². The Hall–Kier alpha value is -2.14. The average Bonchev–Trinajstić information content (AvgIpc) is 2.79. The molecular weight excluding hydrogens is 270 g/mol. The molecule has 0 saturated heterocycles. The molecule has 0 fully saturated rings. The second kappa shape index (κ2) is 5.09. The molecule has 102 valence electrons. The van der Waals surface area contributed by atoms with Crippen molar-refractivity contribution in [2.75, 3.05) is 5.73 Å². The standard InChI is InChI=1S/C15H15N3OS/c1-18-14-9-5-4-8-13(14)17-15(18)20(19)10-11-6-2-3-7-12(11)16/h2-9H,10,16H2,1H3. The molecule has 3 rings (SSSR count). The second-order valence-corrected chi connectivity index (χ2v) is 5.98. The third kappa shape index (κ3) is 2.20. The number of anilines is 1. The van der Waals surface area contributed by atoms with E-state index >= 15 is 0 Å². The molecule has 4 nitrogen and oxygen atoms in total. The lowest BCUT2D eigenvalue weighted by molar-refractivity contribution is 0.667. The highest BCUT2D eigenvalue weighted by Crippen LogP contribution is 2.20. The summed E-state index contributed by atoms with van der Waals surface area (Å²) in [5.41, 5.74) is 9.30. The molecule has 0 aliphatic carbocycles. The number of para-hydroxylation sites is 3. The van der Waals surface area contributed by atoms with Gasteiger partial charge in [-0.25, -0.2) is 4.98 Å². The van der Waals surface area contributed by atoms with Crippen LogP contribution in [0.25, 0.3) is 11.0 Å². The van der Waals surface area contributed by atoms with Gasteiger partial charge >= 0.3 is 0 Å². The topological polar surface area (TPSA) is 60.9 Å². The first-order valence-electron chi connectivity index (χ1n) is 6.30. The van der Waals surface area contributed by atoms with Gasteiger partial charge in [0.1, 0.15) is 0 Å². The first-order chi connectivity index (χ1) is 9.66. The van der Waals surface area contributed by atoms with Crippen LogP contribution in [-0.4, -0.2) is 13.8 Å². The van der Waals surface area contributed by atoms with Crippen LogP contribution in [0.5, 0.6) is 0 Å². The van der Waals surface area contributed by atoms with E-state index in [1.54, 1.807) is 0 Å².